The first-order chi connectivity index (χ1) is 10.2. The van der Waals surface area contributed by atoms with Crippen LogP contribution in [0.25, 0.3) is 22.4 Å². The SMILES string of the molecule is NC1(Cc2nc(-c3coc4ccccc34)no2)CCCC1. The second kappa shape index (κ2) is 4.70. The van der Waals surface area contributed by atoms with Gasteiger partial charge in [-0.1, -0.05) is 36.2 Å². The Labute approximate surface area is 122 Å². The second-order valence-corrected chi connectivity index (χ2v) is 5.90. The molecule has 0 saturated heterocycles. The molecule has 1 fully saturated rings. The normalized spacial score (nSPS) is 17.6. The van der Waals surface area contributed by atoms with E-state index >= 15 is 0 Å². The quantitative estimate of drug-likeness (QED) is 0.798. The molecule has 4 rings (SSSR count). The van der Waals surface area contributed by atoms with Gasteiger partial charge in [-0.25, -0.2) is 0 Å². The van der Waals surface area contributed by atoms with Crippen LogP contribution in [-0.4, -0.2) is 15.7 Å². The number of rotatable bonds is 3. The van der Waals surface area contributed by atoms with Gasteiger partial charge in [0.15, 0.2) is 0 Å². The van der Waals surface area contributed by atoms with Gasteiger partial charge in [0.1, 0.15) is 11.8 Å². The third-order valence-electron chi connectivity index (χ3n) is 4.29. The fourth-order valence-electron chi connectivity index (χ4n) is 3.14. The van der Waals surface area contributed by atoms with E-state index in [0.717, 1.165) is 29.4 Å². The zero-order valence-corrected chi connectivity index (χ0v) is 11.7. The number of nitrogens with zero attached hydrogens (tertiary/aromatic N) is 2. The predicted octanol–water partition coefficient (Wildman–Crippen LogP) is 3.30. The van der Waals surface area contributed by atoms with Gasteiger partial charge in [0.25, 0.3) is 0 Å². The first-order valence-corrected chi connectivity index (χ1v) is 7.32. The van der Waals surface area contributed by atoms with Gasteiger partial charge in [0.05, 0.1) is 5.56 Å². The smallest absolute Gasteiger partial charge is 0.228 e. The maximum absolute atomic E-state index is 6.36. The summed E-state index contributed by atoms with van der Waals surface area (Å²) in [6.45, 7) is 0. The number of nitrogens with two attached hydrogens (primary N) is 1. The molecular weight excluding hydrogens is 266 g/mol. The molecule has 2 N–H and O–H groups in total. The van der Waals surface area contributed by atoms with Crippen LogP contribution in [0.15, 0.2) is 39.5 Å². The van der Waals surface area contributed by atoms with Crippen LogP contribution < -0.4 is 5.73 Å². The minimum atomic E-state index is -0.178. The minimum Gasteiger partial charge on any atom is -0.464 e. The lowest BCUT2D eigenvalue weighted by atomic mass is 9.95. The van der Waals surface area contributed by atoms with Crippen LogP contribution in [0.4, 0.5) is 0 Å². The molecule has 0 unspecified atom stereocenters. The lowest BCUT2D eigenvalue weighted by Gasteiger charge is -2.20. The monoisotopic (exact) mass is 283 g/mol. The van der Waals surface area contributed by atoms with E-state index in [-0.39, 0.29) is 5.54 Å². The molecule has 5 heteroatoms. The van der Waals surface area contributed by atoms with E-state index in [1.54, 1.807) is 6.26 Å². The molecule has 0 radical (unpaired) electrons. The van der Waals surface area contributed by atoms with E-state index in [9.17, 15) is 0 Å². The third kappa shape index (κ3) is 2.23. The number of benzene rings is 1. The van der Waals surface area contributed by atoms with Crippen molar-refractivity contribution in [1.29, 1.82) is 0 Å². The summed E-state index contributed by atoms with van der Waals surface area (Å²) < 4.78 is 10.9. The number of para-hydroxylation sites is 1. The summed E-state index contributed by atoms with van der Waals surface area (Å²) in [5.41, 5.74) is 7.87. The summed E-state index contributed by atoms with van der Waals surface area (Å²) in [5.74, 6) is 1.18. The standard InChI is InChI=1S/C16H17N3O2/c17-16(7-3-4-8-16)9-14-18-15(19-21-14)12-10-20-13-6-2-1-5-11(12)13/h1-2,5-6,10H,3-4,7-9,17H2. The van der Waals surface area contributed by atoms with Crippen molar-refractivity contribution in [2.24, 2.45) is 5.73 Å². The molecule has 2 heterocycles. The largest absolute Gasteiger partial charge is 0.464 e. The Morgan fingerprint density at radius 3 is 2.86 bits per heavy atom. The van der Waals surface area contributed by atoms with Crippen molar-refractivity contribution in [3.63, 3.8) is 0 Å². The Bertz CT molecular complexity index is 769. The van der Waals surface area contributed by atoms with E-state index in [1.807, 2.05) is 24.3 Å². The highest BCUT2D eigenvalue weighted by atomic mass is 16.5. The molecule has 1 aliphatic rings. The number of fused-ring (bicyclic) bond motifs is 1. The zero-order chi connectivity index (χ0) is 14.3. The molecule has 108 valence electrons. The zero-order valence-electron chi connectivity index (χ0n) is 11.7. The molecule has 0 bridgehead atoms. The molecule has 2 aromatic heterocycles. The number of furan rings is 1. The summed E-state index contributed by atoms with van der Waals surface area (Å²) in [7, 11) is 0. The van der Waals surface area contributed by atoms with Crippen molar-refractivity contribution in [3.05, 3.63) is 36.4 Å². The van der Waals surface area contributed by atoms with Crippen molar-refractivity contribution in [3.8, 4) is 11.4 Å². The predicted molar refractivity (Wildman–Crippen MR) is 78.6 cm³/mol. The molecule has 21 heavy (non-hydrogen) atoms. The summed E-state index contributed by atoms with van der Waals surface area (Å²) in [6, 6.07) is 7.82. The Hall–Kier alpha value is -2.14. The van der Waals surface area contributed by atoms with Crippen LogP contribution in [0.1, 0.15) is 31.6 Å². The second-order valence-electron chi connectivity index (χ2n) is 5.90. The van der Waals surface area contributed by atoms with Crippen molar-refractivity contribution in [2.45, 2.75) is 37.6 Å². The van der Waals surface area contributed by atoms with Gasteiger partial charge in [-0.3, -0.25) is 0 Å². The Balaban J connectivity index is 1.65. The summed E-state index contributed by atoms with van der Waals surface area (Å²) >= 11 is 0. The summed E-state index contributed by atoms with van der Waals surface area (Å²) in [4.78, 5) is 4.49. The number of hydrogen-bond acceptors (Lipinski definition) is 5. The molecule has 1 saturated carbocycles. The van der Waals surface area contributed by atoms with E-state index in [2.05, 4.69) is 10.1 Å². The fourth-order valence-corrected chi connectivity index (χ4v) is 3.14. The van der Waals surface area contributed by atoms with Crippen LogP contribution in [0, 0.1) is 0 Å². The minimum absolute atomic E-state index is 0.178. The van der Waals surface area contributed by atoms with Crippen LogP contribution in [0.3, 0.4) is 0 Å². The Kier molecular flexibility index (Phi) is 2.82. The summed E-state index contributed by atoms with van der Waals surface area (Å²) in [6.07, 6.45) is 6.75. The average molecular weight is 283 g/mol. The fraction of sp³-hybridized carbons (Fsp3) is 0.375. The maximum atomic E-state index is 6.36. The molecule has 0 atom stereocenters. The highest BCUT2D eigenvalue weighted by Crippen LogP contribution is 2.32. The highest BCUT2D eigenvalue weighted by molar-refractivity contribution is 5.91. The number of hydrogen-bond donors (Lipinski definition) is 1. The van der Waals surface area contributed by atoms with Crippen molar-refractivity contribution in [1.82, 2.24) is 10.1 Å². The average Bonchev–Trinajstić information content (AvgIpc) is 3.18. The molecule has 0 amide bonds. The molecule has 5 nitrogen and oxygen atoms in total. The van der Waals surface area contributed by atoms with Gasteiger partial charge in [-0.2, -0.15) is 4.98 Å². The van der Waals surface area contributed by atoms with E-state index in [1.165, 1.54) is 12.8 Å². The van der Waals surface area contributed by atoms with Crippen LogP contribution in [0.5, 0.6) is 0 Å². The van der Waals surface area contributed by atoms with E-state index < -0.39 is 0 Å². The Morgan fingerprint density at radius 1 is 1.19 bits per heavy atom. The maximum Gasteiger partial charge on any atom is 0.228 e. The topological polar surface area (TPSA) is 78.1 Å². The molecule has 3 aromatic rings. The molecule has 0 aliphatic heterocycles. The van der Waals surface area contributed by atoms with Gasteiger partial charge in [-0.15, -0.1) is 0 Å². The van der Waals surface area contributed by atoms with Gasteiger partial charge in [-0.05, 0) is 18.9 Å². The van der Waals surface area contributed by atoms with Gasteiger partial charge in [0.2, 0.25) is 11.7 Å². The first kappa shape index (κ1) is 12.6. The lowest BCUT2D eigenvalue weighted by Crippen LogP contribution is -2.38. The third-order valence-corrected chi connectivity index (χ3v) is 4.29. The van der Waals surface area contributed by atoms with Crippen LogP contribution >= 0.6 is 0 Å². The van der Waals surface area contributed by atoms with Gasteiger partial charge >= 0.3 is 0 Å². The van der Waals surface area contributed by atoms with Crippen molar-refractivity contribution in [2.75, 3.05) is 0 Å². The van der Waals surface area contributed by atoms with Gasteiger partial charge in [0, 0.05) is 17.3 Å². The van der Waals surface area contributed by atoms with Crippen LogP contribution in [0.2, 0.25) is 0 Å². The first-order valence-electron chi connectivity index (χ1n) is 7.32. The van der Waals surface area contributed by atoms with Crippen molar-refractivity contribution >= 4 is 11.0 Å². The molecule has 0 spiro atoms. The van der Waals surface area contributed by atoms with Gasteiger partial charge < -0.3 is 14.7 Å². The Morgan fingerprint density at radius 2 is 2.00 bits per heavy atom. The lowest BCUT2D eigenvalue weighted by molar-refractivity contribution is 0.329. The summed E-state index contributed by atoms with van der Waals surface area (Å²) in [5, 5.41) is 5.07. The van der Waals surface area contributed by atoms with E-state index in [4.69, 9.17) is 14.7 Å². The molecular formula is C16H17N3O2. The highest BCUT2D eigenvalue weighted by Gasteiger charge is 2.31. The number of aromatic nitrogens is 2. The molecule has 1 aromatic carbocycles. The van der Waals surface area contributed by atoms with E-state index in [0.29, 0.717) is 18.1 Å². The van der Waals surface area contributed by atoms with Crippen LogP contribution in [-0.2, 0) is 6.42 Å². The van der Waals surface area contributed by atoms with Crippen molar-refractivity contribution < 1.29 is 8.94 Å². The molecule has 1 aliphatic carbocycles.